The lowest BCUT2D eigenvalue weighted by molar-refractivity contribution is -0.137. The Morgan fingerprint density at radius 1 is 0.912 bits per heavy atom. The minimum Gasteiger partial charge on any atom is -0.317 e. The van der Waals surface area contributed by atoms with E-state index in [1.807, 2.05) is 5.32 Å². The summed E-state index contributed by atoms with van der Waals surface area (Å²) < 4.78 is 56.3. The summed E-state index contributed by atoms with van der Waals surface area (Å²) in [6, 6.07) is 10.5. The van der Waals surface area contributed by atoms with Crippen LogP contribution >= 0.6 is 0 Å². The number of amides is 4. The van der Waals surface area contributed by atoms with Gasteiger partial charge in [-0.25, -0.2) is 14.1 Å². The van der Waals surface area contributed by atoms with Crippen molar-refractivity contribution in [3.63, 3.8) is 0 Å². The van der Waals surface area contributed by atoms with Crippen molar-refractivity contribution in [2.45, 2.75) is 20.0 Å². The summed E-state index contributed by atoms with van der Waals surface area (Å²) in [5, 5.41) is 1.99. The Morgan fingerprint density at radius 2 is 1.53 bits per heavy atom. The minimum absolute atomic E-state index is 0.114. The Bertz CT molecular complexity index is 1370. The van der Waals surface area contributed by atoms with Gasteiger partial charge in [0, 0.05) is 11.4 Å². The number of anilines is 1. The van der Waals surface area contributed by atoms with E-state index in [1.54, 1.807) is 6.92 Å². The molecule has 174 valence electrons. The molecule has 6 nitrogen and oxygen atoms in total. The molecule has 1 saturated heterocycles. The molecule has 2 aromatic carbocycles. The molecule has 4 amide bonds. The fourth-order valence-corrected chi connectivity index (χ4v) is 3.88. The number of halogens is 4. The molecule has 0 aliphatic carbocycles. The zero-order chi connectivity index (χ0) is 24.8. The quantitative estimate of drug-likeness (QED) is 0.335. The van der Waals surface area contributed by atoms with Crippen LogP contribution in [0.1, 0.15) is 22.5 Å². The van der Waals surface area contributed by atoms with Crippen LogP contribution in [0.15, 0.2) is 60.2 Å². The highest BCUT2D eigenvalue weighted by Crippen LogP contribution is 2.36. The van der Waals surface area contributed by atoms with Crippen molar-refractivity contribution in [3.8, 4) is 5.69 Å². The van der Waals surface area contributed by atoms with Gasteiger partial charge in [0.05, 0.1) is 16.9 Å². The fourth-order valence-electron chi connectivity index (χ4n) is 3.88. The van der Waals surface area contributed by atoms with Crippen LogP contribution < -0.4 is 10.2 Å². The third-order valence-electron chi connectivity index (χ3n) is 5.42. The Kier molecular flexibility index (Phi) is 5.60. The molecule has 0 saturated carbocycles. The summed E-state index contributed by atoms with van der Waals surface area (Å²) in [5.41, 5.74) is -0.726. The van der Waals surface area contributed by atoms with Crippen molar-refractivity contribution in [2.24, 2.45) is 0 Å². The number of nitrogens with zero attached hydrogens (tertiary/aromatic N) is 2. The maximum Gasteiger partial charge on any atom is 0.418 e. The second-order valence-corrected chi connectivity index (χ2v) is 7.59. The highest BCUT2D eigenvalue weighted by Gasteiger charge is 2.38. The van der Waals surface area contributed by atoms with Crippen LogP contribution in [0.3, 0.4) is 0 Å². The number of aryl methyl sites for hydroxylation is 1. The number of para-hydroxylation sites is 2. The molecule has 1 aliphatic rings. The standard InChI is InChI=1S/C24H17F4N3O3/c1-13-11-15(14(2)30(13)19-9-5-3-7-17(19)24(26,27)28)12-16-21(32)29-23(34)31(22(16)33)20-10-6-4-8-18(20)25/h3-12H,1-2H3,(H,29,32,34). The Balaban J connectivity index is 1.82. The first-order valence-electron chi connectivity index (χ1n) is 10.0. The second kappa shape index (κ2) is 8.29. The van der Waals surface area contributed by atoms with Gasteiger partial charge in [-0.15, -0.1) is 0 Å². The van der Waals surface area contributed by atoms with Gasteiger partial charge in [0.2, 0.25) is 0 Å². The SMILES string of the molecule is Cc1cc(C=C2C(=O)NC(=O)N(c3ccccc3F)C2=O)c(C)n1-c1ccccc1C(F)(F)F. The number of carbonyl (C=O) groups excluding carboxylic acids is 3. The first-order valence-corrected chi connectivity index (χ1v) is 10.0. The average Bonchev–Trinajstić information content (AvgIpc) is 3.04. The molecule has 2 heterocycles. The van der Waals surface area contributed by atoms with E-state index < -0.39 is 41.0 Å². The highest BCUT2D eigenvalue weighted by atomic mass is 19.4. The van der Waals surface area contributed by atoms with E-state index in [0.29, 0.717) is 16.3 Å². The van der Waals surface area contributed by atoms with Crippen molar-refractivity contribution in [1.82, 2.24) is 9.88 Å². The minimum atomic E-state index is -4.60. The number of nitrogens with one attached hydrogen (secondary N) is 1. The maximum atomic E-state index is 14.2. The van der Waals surface area contributed by atoms with Crippen molar-refractivity contribution < 1.29 is 31.9 Å². The summed E-state index contributed by atoms with van der Waals surface area (Å²) in [4.78, 5) is 38.2. The van der Waals surface area contributed by atoms with Crippen LogP contribution in [0.4, 0.5) is 28.0 Å². The van der Waals surface area contributed by atoms with Crippen molar-refractivity contribution >= 4 is 29.6 Å². The lowest BCUT2D eigenvalue weighted by Crippen LogP contribution is -2.54. The number of alkyl halides is 3. The van der Waals surface area contributed by atoms with Gasteiger partial charge in [-0.2, -0.15) is 13.2 Å². The molecule has 10 heteroatoms. The van der Waals surface area contributed by atoms with E-state index in [4.69, 9.17) is 0 Å². The van der Waals surface area contributed by atoms with Crippen molar-refractivity contribution in [3.05, 3.63) is 88.5 Å². The van der Waals surface area contributed by atoms with Crippen LogP contribution in [-0.2, 0) is 15.8 Å². The van der Waals surface area contributed by atoms with Gasteiger partial charge < -0.3 is 4.57 Å². The molecule has 4 rings (SSSR count). The van der Waals surface area contributed by atoms with Crippen molar-refractivity contribution in [1.29, 1.82) is 0 Å². The molecular formula is C24H17F4N3O3. The van der Waals surface area contributed by atoms with Crippen LogP contribution in [0.5, 0.6) is 0 Å². The Morgan fingerprint density at radius 3 is 2.18 bits per heavy atom. The van der Waals surface area contributed by atoms with Gasteiger partial charge in [0.15, 0.2) is 0 Å². The third-order valence-corrected chi connectivity index (χ3v) is 5.42. The number of hydrogen-bond acceptors (Lipinski definition) is 3. The van der Waals surface area contributed by atoms with Crippen LogP contribution in [0.25, 0.3) is 11.8 Å². The number of rotatable bonds is 3. The Labute approximate surface area is 191 Å². The van der Waals surface area contributed by atoms with E-state index in [2.05, 4.69) is 0 Å². The van der Waals surface area contributed by atoms with E-state index >= 15 is 0 Å². The van der Waals surface area contributed by atoms with E-state index in [1.165, 1.54) is 60.0 Å². The van der Waals surface area contributed by atoms with E-state index in [0.717, 1.165) is 12.1 Å². The summed E-state index contributed by atoms with van der Waals surface area (Å²) in [7, 11) is 0. The molecule has 0 radical (unpaired) electrons. The lowest BCUT2D eigenvalue weighted by atomic mass is 10.1. The molecule has 1 aliphatic heterocycles. The third kappa shape index (κ3) is 3.87. The van der Waals surface area contributed by atoms with Gasteiger partial charge in [-0.3, -0.25) is 14.9 Å². The van der Waals surface area contributed by atoms with Gasteiger partial charge >= 0.3 is 12.2 Å². The molecule has 0 unspecified atom stereocenters. The topological polar surface area (TPSA) is 71.4 Å². The van der Waals surface area contributed by atoms with Gasteiger partial charge in [0.1, 0.15) is 11.4 Å². The van der Waals surface area contributed by atoms with Crippen LogP contribution in [0.2, 0.25) is 0 Å². The zero-order valence-corrected chi connectivity index (χ0v) is 17.9. The largest absolute Gasteiger partial charge is 0.418 e. The predicted molar refractivity (Wildman–Crippen MR) is 116 cm³/mol. The van der Waals surface area contributed by atoms with E-state index in [9.17, 15) is 31.9 Å². The normalized spacial score (nSPS) is 15.8. The number of benzene rings is 2. The molecule has 0 atom stereocenters. The summed E-state index contributed by atoms with van der Waals surface area (Å²) >= 11 is 0. The van der Waals surface area contributed by atoms with Gasteiger partial charge in [0.25, 0.3) is 11.8 Å². The summed E-state index contributed by atoms with van der Waals surface area (Å²) in [5.74, 6) is -2.90. The molecule has 1 aromatic heterocycles. The van der Waals surface area contributed by atoms with Crippen LogP contribution in [-0.4, -0.2) is 22.4 Å². The number of barbiturate groups is 1. The second-order valence-electron chi connectivity index (χ2n) is 7.59. The average molecular weight is 471 g/mol. The molecule has 0 spiro atoms. The number of hydrogen-bond donors (Lipinski definition) is 1. The first-order chi connectivity index (χ1) is 16.0. The fraction of sp³-hybridized carbons (Fsp3) is 0.125. The van der Waals surface area contributed by atoms with Gasteiger partial charge in [-0.05, 0) is 55.8 Å². The zero-order valence-electron chi connectivity index (χ0n) is 17.9. The molecular weight excluding hydrogens is 454 g/mol. The summed E-state index contributed by atoms with van der Waals surface area (Å²) in [6.07, 6.45) is -3.43. The number of imide groups is 2. The lowest BCUT2D eigenvalue weighted by Gasteiger charge is -2.26. The van der Waals surface area contributed by atoms with Crippen LogP contribution in [0, 0.1) is 19.7 Å². The first kappa shape index (κ1) is 23.0. The molecule has 0 bridgehead atoms. The molecule has 34 heavy (non-hydrogen) atoms. The molecule has 1 N–H and O–H groups in total. The Hall–Kier alpha value is -4.21. The predicted octanol–water partition coefficient (Wildman–Crippen LogP) is 4.92. The maximum absolute atomic E-state index is 14.2. The number of carbonyl (C=O) groups is 3. The number of urea groups is 1. The molecule has 3 aromatic rings. The van der Waals surface area contributed by atoms with E-state index in [-0.39, 0.29) is 16.9 Å². The summed E-state index contributed by atoms with van der Waals surface area (Å²) in [6.45, 7) is 3.12. The monoisotopic (exact) mass is 471 g/mol. The van der Waals surface area contributed by atoms with Gasteiger partial charge in [-0.1, -0.05) is 24.3 Å². The smallest absolute Gasteiger partial charge is 0.317 e. The highest BCUT2D eigenvalue weighted by molar-refractivity contribution is 6.39. The number of aromatic nitrogens is 1. The van der Waals surface area contributed by atoms with Crippen molar-refractivity contribution in [2.75, 3.05) is 4.90 Å². The molecule has 1 fully saturated rings.